The van der Waals surface area contributed by atoms with Crippen LogP contribution in [0.15, 0.2) is 71.6 Å². The molecule has 31 heavy (non-hydrogen) atoms. The second-order valence-electron chi connectivity index (χ2n) is 8.18. The summed E-state index contributed by atoms with van der Waals surface area (Å²) in [6, 6.07) is 14.0. The zero-order valence-corrected chi connectivity index (χ0v) is 17.1. The van der Waals surface area contributed by atoms with Crippen LogP contribution in [0.2, 0.25) is 0 Å². The molecule has 160 valence electrons. The molecule has 2 atom stereocenters. The third-order valence-electron chi connectivity index (χ3n) is 6.17. The molecule has 3 aromatic rings. The number of nitrogens with zero attached hydrogens (tertiary/aromatic N) is 3. The molecule has 0 saturated carbocycles. The van der Waals surface area contributed by atoms with E-state index in [9.17, 15) is 9.18 Å². The Morgan fingerprint density at radius 1 is 1.13 bits per heavy atom. The first-order valence-electron chi connectivity index (χ1n) is 10.5. The van der Waals surface area contributed by atoms with Gasteiger partial charge in [0.1, 0.15) is 11.6 Å². The van der Waals surface area contributed by atoms with Gasteiger partial charge in [-0.3, -0.25) is 14.7 Å². The molecule has 1 aromatic carbocycles. The van der Waals surface area contributed by atoms with Crippen molar-refractivity contribution < 1.29 is 18.3 Å². The number of carbonyl (C=O) groups excluding carboxylic acids is 1. The molecule has 2 saturated heterocycles. The second-order valence-corrected chi connectivity index (χ2v) is 8.18. The molecule has 2 aliphatic heterocycles. The summed E-state index contributed by atoms with van der Waals surface area (Å²) in [5.41, 5.74) is 0.907. The lowest BCUT2D eigenvalue weighted by molar-refractivity contribution is -0.173. The molecule has 0 radical (unpaired) electrons. The highest BCUT2D eigenvalue weighted by atomic mass is 19.1. The summed E-state index contributed by atoms with van der Waals surface area (Å²) in [6.45, 7) is 3.16. The van der Waals surface area contributed by atoms with E-state index < -0.39 is 5.60 Å². The number of aromatic nitrogens is 1. The van der Waals surface area contributed by atoms with Crippen LogP contribution in [0.5, 0.6) is 0 Å². The lowest BCUT2D eigenvalue weighted by Crippen LogP contribution is -2.59. The van der Waals surface area contributed by atoms with Crippen LogP contribution in [0, 0.1) is 5.82 Å². The van der Waals surface area contributed by atoms with Gasteiger partial charge in [0.05, 0.1) is 19.4 Å². The minimum absolute atomic E-state index is 0.0288. The Balaban J connectivity index is 1.44. The van der Waals surface area contributed by atoms with E-state index in [1.54, 1.807) is 24.6 Å². The third-order valence-corrected chi connectivity index (χ3v) is 6.17. The molecular weight excluding hydrogens is 397 g/mol. The number of hydrogen-bond acceptors (Lipinski definition) is 5. The monoisotopic (exact) mass is 421 g/mol. The molecule has 0 unspecified atom stereocenters. The molecule has 5 rings (SSSR count). The summed E-state index contributed by atoms with van der Waals surface area (Å²) in [5, 5.41) is 0. The van der Waals surface area contributed by atoms with E-state index in [0.717, 1.165) is 16.9 Å². The summed E-state index contributed by atoms with van der Waals surface area (Å²) >= 11 is 0. The Hall–Kier alpha value is -3.03. The van der Waals surface area contributed by atoms with Gasteiger partial charge in [0.25, 0.3) is 5.91 Å². The zero-order valence-electron chi connectivity index (χ0n) is 17.1. The highest BCUT2D eigenvalue weighted by Gasteiger charge is 2.57. The maximum atomic E-state index is 13.8. The fourth-order valence-electron chi connectivity index (χ4n) is 4.71. The highest BCUT2D eigenvalue weighted by Crippen LogP contribution is 2.42. The maximum Gasteiger partial charge on any atom is 0.257 e. The maximum absolute atomic E-state index is 13.8. The van der Waals surface area contributed by atoms with Crippen molar-refractivity contribution in [3.8, 4) is 0 Å². The normalized spacial score (nSPS) is 24.2. The number of ether oxygens (including phenoxy) is 1. The molecule has 0 N–H and O–H groups in total. The molecule has 7 heteroatoms. The van der Waals surface area contributed by atoms with Crippen molar-refractivity contribution in [1.29, 1.82) is 0 Å². The van der Waals surface area contributed by atoms with Gasteiger partial charge in [0.2, 0.25) is 0 Å². The number of hydrogen-bond donors (Lipinski definition) is 0. The van der Waals surface area contributed by atoms with E-state index >= 15 is 0 Å². The van der Waals surface area contributed by atoms with Crippen molar-refractivity contribution in [2.24, 2.45) is 0 Å². The number of morpholine rings is 1. The highest BCUT2D eigenvalue weighted by molar-refractivity contribution is 5.88. The Kier molecular flexibility index (Phi) is 5.29. The van der Waals surface area contributed by atoms with Crippen LogP contribution in [0.3, 0.4) is 0 Å². The van der Waals surface area contributed by atoms with Crippen molar-refractivity contribution in [2.45, 2.75) is 24.6 Å². The second kappa shape index (κ2) is 8.24. The fraction of sp³-hybridized carbons (Fsp3) is 0.333. The lowest BCUT2D eigenvalue weighted by atomic mass is 9.83. The minimum atomic E-state index is -0.978. The smallest absolute Gasteiger partial charge is 0.257 e. The summed E-state index contributed by atoms with van der Waals surface area (Å²) in [5.74, 6) is 0.404. The largest absolute Gasteiger partial charge is 0.468 e. The van der Waals surface area contributed by atoms with Crippen LogP contribution in [0.4, 0.5) is 4.39 Å². The van der Waals surface area contributed by atoms with Crippen LogP contribution in [-0.4, -0.2) is 52.5 Å². The molecule has 2 aromatic heterocycles. The number of amides is 1. The van der Waals surface area contributed by atoms with Gasteiger partial charge >= 0.3 is 0 Å². The van der Waals surface area contributed by atoms with Gasteiger partial charge in [-0.2, -0.15) is 0 Å². The first-order valence-corrected chi connectivity index (χ1v) is 10.5. The predicted octanol–water partition coefficient (Wildman–Crippen LogP) is 3.21. The molecule has 1 spiro atoms. The number of likely N-dealkylation sites (tertiary alicyclic amines) is 1. The van der Waals surface area contributed by atoms with E-state index in [-0.39, 0.29) is 17.6 Å². The average molecular weight is 421 g/mol. The van der Waals surface area contributed by atoms with E-state index in [4.69, 9.17) is 9.15 Å². The van der Waals surface area contributed by atoms with Gasteiger partial charge in [-0.25, -0.2) is 4.39 Å². The first-order chi connectivity index (χ1) is 15.1. The molecule has 2 fully saturated rings. The molecular formula is C24H24FN3O3. The van der Waals surface area contributed by atoms with Crippen molar-refractivity contribution in [1.82, 2.24) is 14.8 Å². The molecule has 1 amide bonds. The van der Waals surface area contributed by atoms with Crippen LogP contribution < -0.4 is 0 Å². The van der Waals surface area contributed by atoms with Crippen LogP contribution in [0.1, 0.15) is 22.8 Å². The van der Waals surface area contributed by atoms with Crippen LogP contribution in [0.25, 0.3) is 0 Å². The number of rotatable bonds is 5. The summed E-state index contributed by atoms with van der Waals surface area (Å²) in [7, 11) is 0. The van der Waals surface area contributed by atoms with Gasteiger partial charge in [0, 0.05) is 44.5 Å². The third kappa shape index (κ3) is 3.86. The summed E-state index contributed by atoms with van der Waals surface area (Å²) in [4.78, 5) is 22.1. The topological polar surface area (TPSA) is 58.8 Å². The van der Waals surface area contributed by atoms with Crippen molar-refractivity contribution in [3.63, 3.8) is 0 Å². The van der Waals surface area contributed by atoms with Crippen LogP contribution >= 0.6 is 0 Å². The molecule has 0 aliphatic carbocycles. The van der Waals surface area contributed by atoms with Crippen molar-refractivity contribution in [3.05, 3.63) is 89.9 Å². The van der Waals surface area contributed by atoms with Crippen molar-refractivity contribution in [2.75, 3.05) is 26.2 Å². The number of furan rings is 1. The minimum Gasteiger partial charge on any atom is -0.468 e. The average Bonchev–Trinajstić information content (AvgIpc) is 3.42. The molecule has 2 aliphatic rings. The van der Waals surface area contributed by atoms with Gasteiger partial charge in [-0.1, -0.05) is 18.2 Å². The standard InChI is InChI=1S/C24H24FN3O3/c25-20-7-5-18(6-8-20)14-28-10-12-31-24(23(28)29)17-27(15-21-4-2-11-30-21)16-22(24)19-3-1-9-26-13-19/h1-9,11,13,22H,10,12,14-17H2/t22-,24-/m0/s1. The summed E-state index contributed by atoms with van der Waals surface area (Å²) in [6.07, 6.45) is 5.21. The fourth-order valence-corrected chi connectivity index (χ4v) is 4.71. The SMILES string of the molecule is O=C1N(Cc2ccc(F)cc2)CCO[C@]12CN(Cc1ccco1)C[C@H]2c1cccnc1. The quantitative estimate of drug-likeness (QED) is 0.633. The lowest BCUT2D eigenvalue weighted by Gasteiger charge is -2.42. The van der Waals surface area contributed by atoms with Crippen molar-refractivity contribution >= 4 is 5.91 Å². The molecule has 6 nitrogen and oxygen atoms in total. The molecule has 0 bridgehead atoms. The van der Waals surface area contributed by atoms with Crippen LogP contribution in [-0.2, 0) is 22.6 Å². The Morgan fingerprint density at radius 2 is 2.00 bits per heavy atom. The predicted molar refractivity (Wildman–Crippen MR) is 111 cm³/mol. The Morgan fingerprint density at radius 3 is 2.74 bits per heavy atom. The van der Waals surface area contributed by atoms with Gasteiger partial charge in [-0.05, 0) is 41.5 Å². The van der Waals surface area contributed by atoms with E-state index in [2.05, 4.69) is 9.88 Å². The molecule has 4 heterocycles. The van der Waals surface area contributed by atoms with Gasteiger partial charge < -0.3 is 14.1 Å². The zero-order chi connectivity index (χ0) is 21.3. The van der Waals surface area contributed by atoms with Gasteiger partial charge in [0.15, 0.2) is 5.60 Å². The Labute approximate surface area is 180 Å². The van der Waals surface area contributed by atoms with E-state index in [1.165, 1.54) is 12.1 Å². The Bertz CT molecular complexity index is 1030. The number of halogens is 1. The number of pyridine rings is 1. The van der Waals surface area contributed by atoms with E-state index in [0.29, 0.717) is 39.3 Å². The number of benzene rings is 1. The van der Waals surface area contributed by atoms with Gasteiger partial charge in [-0.15, -0.1) is 0 Å². The number of carbonyl (C=O) groups is 1. The first kappa shape index (κ1) is 19.9. The summed E-state index contributed by atoms with van der Waals surface area (Å²) < 4.78 is 25.1. The van der Waals surface area contributed by atoms with E-state index in [1.807, 2.05) is 35.4 Å².